The zero-order chi connectivity index (χ0) is 16.8. The Balaban J connectivity index is 2.65. The van der Waals surface area contributed by atoms with E-state index in [0.717, 1.165) is 5.56 Å². The number of nitrogens with one attached hydrogen (secondary N) is 2. The number of para-hydroxylation sites is 1. The van der Waals surface area contributed by atoms with Crippen LogP contribution in [0.4, 0.5) is 0 Å². The lowest BCUT2D eigenvalue weighted by molar-refractivity contribution is -0.141. The van der Waals surface area contributed by atoms with Gasteiger partial charge in [-0.05, 0) is 25.8 Å². The van der Waals surface area contributed by atoms with E-state index in [0.29, 0.717) is 24.8 Å². The van der Waals surface area contributed by atoms with Crippen LogP contribution in [-0.4, -0.2) is 25.5 Å². The molecule has 0 aliphatic rings. The van der Waals surface area contributed by atoms with Gasteiger partial charge in [0.1, 0.15) is 11.2 Å². The van der Waals surface area contributed by atoms with Crippen LogP contribution in [0.2, 0.25) is 0 Å². The molecule has 0 radical (unpaired) electrons. The van der Waals surface area contributed by atoms with E-state index in [4.69, 9.17) is 4.74 Å². The van der Waals surface area contributed by atoms with Gasteiger partial charge in [-0.25, -0.2) is 0 Å². The van der Waals surface area contributed by atoms with Crippen LogP contribution in [0.3, 0.4) is 0 Å². The van der Waals surface area contributed by atoms with Crippen molar-refractivity contribution in [1.82, 2.24) is 10.6 Å². The highest BCUT2D eigenvalue weighted by molar-refractivity contribution is 6.04. The second-order valence-electron chi connectivity index (χ2n) is 6.22. The topological polar surface area (TPSA) is 67.4 Å². The molecule has 122 valence electrons. The highest BCUT2D eigenvalue weighted by Gasteiger charge is 2.35. The van der Waals surface area contributed by atoms with E-state index in [-0.39, 0.29) is 11.8 Å². The summed E-state index contributed by atoms with van der Waals surface area (Å²) in [4.78, 5) is 24.5. The van der Waals surface area contributed by atoms with Gasteiger partial charge in [0.15, 0.2) is 0 Å². The van der Waals surface area contributed by atoms with Gasteiger partial charge in [-0.3, -0.25) is 9.59 Å². The van der Waals surface area contributed by atoms with Crippen molar-refractivity contribution in [1.29, 1.82) is 0 Å². The fourth-order valence-corrected chi connectivity index (χ4v) is 1.87. The summed E-state index contributed by atoms with van der Waals surface area (Å²) in [5.74, 6) is 0.486. The number of benzene rings is 1. The molecule has 1 rings (SSSR count). The molecule has 0 spiro atoms. The molecule has 2 N–H and O–H groups in total. The summed E-state index contributed by atoms with van der Waals surface area (Å²) in [5, 5.41) is 5.60. The lowest BCUT2D eigenvalue weighted by Crippen LogP contribution is -2.48. The van der Waals surface area contributed by atoms with Gasteiger partial charge in [-0.1, -0.05) is 32.0 Å². The quantitative estimate of drug-likeness (QED) is 0.758. The van der Waals surface area contributed by atoms with Crippen molar-refractivity contribution in [3.05, 3.63) is 29.8 Å². The summed E-state index contributed by atoms with van der Waals surface area (Å²) < 4.78 is 5.25. The minimum absolute atomic E-state index is 0.265. The van der Waals surface area contributed by atoms with E-state index in [1.165, 1.54) is 0 Å². The summed E-state index contributed by atoms with van der Waals surface area (Å²) in [5.41, 5.74) is -0.242. The van der Waals surface area contributed by atoms with Gasteiger partial charge in [-0.15, -0.1) is 0 Å². The molecule has 0 aromatic heterocycles. The van der Waals surface area contributed by atoms with Crippen molar-refractivity contribution in [2.45, 2.75) is 34.2 Å². The minimum Gasteiger partial charge on any atom is -0.496 e. The van der Waals surface area contributed by atoms with Crippen molar-refractivity contribution in [3.63, 3.8) is 0 Å². The largest absolute Gasteiger partial charge is 0.496 e. The zero-order valence-electron chi connectivity index (χ0n) is 14.0. The first-order valence-corrected chi connectivity index (χ1v) is 7.47. The van der Waals surface area contributed by atoms with Crippen LogP contribution in [-0.2, 0) is 16.1 Å². The summed E-state index contributed by atoms with van der Waals surface area (Å²) in [6.07, 6.45) is 0. The van der Waals surface area contributed by atoms with E-state index < -0.39 is 5.41 Å². The second-order valence-corrected chi connectivity index (χ2v) is 6.22. The molecular formula is C17H26N2O3. The van der Waals surface area contributed by atoms with Crippen LogP contribution < -0.4 is 15.4 Å². The van der Waals surface area contributed by atoms with Crippen LogP contribution in [0.5, 0.6) is 5.75 Å². The van der Waals surface area contributed by atoms with Crippen molar-refractivity contribution < 1.29 is 14.3 Å². The van der Waals surface area contributed by atoms with Crippen molar-refractivity contribution in [2.75, 3.05) is 13.7 Å². The Morgan fingerprint density at radius 1 is 1.14 bits per heavy atom. The molecule has 1 aromatic carbocycles. The number of carbonyl (C=O) groups excluding carboxylic acids is 2. The van der Waals surface area contributed by atoms with Gasteiger partial charge in [0.2, 0.25) is 11.8 Å². The highest BCUT2D eigenvalue weighted by atomic mass is 16.5. The summed E-state index contributed by atoms with van der Waals surface area (Å²) >= 11 is 0. The van der Waals surface area contributed by atoms with E-state index in [1.807, 2.05) is 38.1 Å². The number of hydrogen-bond donors (Lipinski definition) is 2. The standard InChI is InChI=1S/C17H26N2O3/c1-12(2)10-18-15(20)17(3,4)16(21)19-11-13-8-6-7-9-14(13)22-5/h6-9,12H,10-11H2,1-5H3,(H,18,20)(H,19,21). The third-order valence-corrected chi connectivity index (χ3v) is 3.44. The Hall–Kier alpha value is -2.04. The summed E-state index contributed by atoms with van der Waals surface area (Å²) in [6, 6.07) is 7.46. The lowest BCUT2D eigenvalue weighted by atomic mass is 9.90. The molecule has 0 fully saturated rings. The zero-order valence-corrected chi connectivity index (χ0v) is 14.0. The van der Waals surface area contributed by atoms with Crippen LogP contribution in [0.15, 0.2) is 24.3 Å². The maximum Gasteiger partial charge on any atom is 0.235 e. The van der Waals surface area contributed by atoms with Crippen LogP contribution in [0.1, 0.15) is 33.3 Å². The van der Waals surface area contributed by atoms with Crippen LogP contribution in [0.25, 0.3) is 0 Å². The lowest BCUT2D eigenvalue weighted by Gasteiger charge is -2.23. The van der Waals surface area contributed by atoms with Crippen LogP contribution in [0, 0.1) is 11.3 Å². The first-order chi connectivity index (χ1) is 10.3. The Morgan fingerprint density at radius 2 is 1.73 bits per heavy atom. The van der Waals surface area contributed by atoms with E-state index in [1.54, 1.807) is 21.0 Å². The molecule has 0 unspecified atom stereocenters. The molecule has 0 atom stereocenters. The Kier molecular flexibility index (Phi) is 6.40. The number of rotatable bonds is 7. The molecule has 0 heterocycles. The third-order valence-electron chi connectivity index (χ3n) is 3.44. The Labute approximate surface area is 132 Å². The molecule has 0 aliphatic carbocycles. The molecule has 5 nitrogen and oxygen atoms in total. The van der Waals surface area contributed by atoms with E-state index in [9.17, 15) is 9.59 Å². The third kappa shape index (κ3) is 4.76. The molecule has 5 heteroatoms. The van der Waals surface area contributed by atoms with E-state index in [2.05, 4.69) is 10.6 Å². The predicted octanol–water partition coefficient (Wildman–Crippen LogP) is 2.11. The molecule has 0 aliphatic heterocycles. The van der Waals surface area contributed by atoms with Gasteiger partial charge in [0, 0.05) is 18.7 Å². The van der Waals surface area contributed by atoms with Gasteiger partial charge >= 0.3 is 0 Å². The Bertz CT molecular complexity index is 524. The van der Waals surface area contributed by atoms with Crippen LogP contribution >= 0.6 is 0 Å². The molecule has 0 bridgehead atoms. The highest BCUT2D eigenvalue weighted by Crippen LogP contribution is 2.19. The number of methoxy groups -OCH3 is 1. The monoisotopic (exact) mass is 306 g/mol. The second kappa shape index (κ2) is 7.82. The van der Waals surface area contributed by atoms with Crippen molar-refractivity contribution in [2.24, 2.45) is 11.3 Å². The molecule has 2 amide bonds. The smallest absolute Gasteiger partial charge is 0.235 e. The number of carbonyl (C=O) groups is 2. The average molecular weight is 306 g/mol. The molecular weight excluding hydrogens is 280 g/mol. The average Bonchev–Trinajstić information content (AvgIpc) is 2.50. The summed E-state index contributed by atoms with van der Waals surface area (Å²) in [6.45, 7) is 8.15. The van der Waals surface area contributed by atoms with Gasteiger partial charge in [0.25, 0.3) is 0 Å². The maximum atomic E-state index is 12.3. The fraction of sp³-hybridized carbons (Fsp3) is 0.529. The maximum absolute atomic E-state index is 12.3. The first kappa shape index (κ1) is 18.0. The molecule has 1 aromatic rings. The van der Waals surface area contributed by atoms with Gasteiger partial charge in [0.05, 0.1) is 7.11 Å². The molecule has 0 saturated heterocycles. The predicted molar refractivity (Wildman–Crippen MR) is 86.5 cm³/mol. The minimum atomic E-state index is -1.11. The molecule has 22 heavy (non-hydrogen) atoms. The van der Waals surface area contributed by atoms with Crippen molar-refractivity contribution >= 4 is 11.8 Å². The summed E-state index contributed by atoms with van der Waals surface area (Å²) in [7, 11) is 1.59. The fourth-order valence-electron chi connectivity index (χ4n) is 1.87. The normalized spacial score (nSPS) is 11.2. The van der Waals surface area contributed by atoms with Crippen molar-refractivity contribution in [3.8, 4) is 5.75 Å². The number of amides is 2. The first-order valence-electron chi connectivity index (χ1n) is 7.47. The Morgan fingerprint density at radius 3 is 2.32 bits per heavy atom. The number of hydrogen-bond acceptors (Lipinski definition) is 3. The SMILES string of the molecule is COc1ccccc1CNC(=O)C(C)(C)C(=O)NCC(C)C. The van der Waals surface area contributed by atoms with Gasteiger partial charge < -0.3 is 15.4 Å². The van der Waals surface area contributed by atoms with E-state index >= 15 is 0 Å². The molecule has 0 saturated carbocycles. The van der Waals surface area contributed by atoms with Gasteiger partial charge in [-0.2, -0.15) is 0 Å². The number of ether oxygens (including phenoxy) is 1.